The monoisotopic (exact) mass is 209 g/mol. The van der Waals surface area contributed by atoms with Gasteiger partial charge in [0, 0.05) is 12.5 Å². The molecule has 0 amide bonds. The van der Waals surface area contributed by atoms with Gasteiger partial charge in [0.2, 0.25) is 0 Å². The Labute approximate surface area is 88.5 Å². The second-order valence-electron chi connectivity index (χ2n) is 3.19. The minimum Gasteiger partial charge on any atom is -0.309 e. The van der Waals surface area contributed by atoms with Crippen LogP contribution in [0.25, 0.3) is 0 Å². The minimum absolute atomic E-state index is 0.116. The van der Waals surface area contributed by atoms with E-state index in [4.69, 9.17) is 6.42 Å². The molecule has 0 saturated heterocycles. The van der Waals surface area contributed by atoms with Gasteiger partial charge in [0.15, 0.2) is 11.6 Å². The molecule has 0 aliphatic heterocycles. The number of terminal acetylenes is 1. The Bertz CT molecular complexity index is 368. The molecule has 1 rings (SSSR count). The van der Waals surface area contributed by atoms with Gasteiger partial charge < -0.3 is 5.32 Å². The molecule has 0 aliphatic rings. The van der Waals surface area contributed by atoms with Gasteiger partial charge in [-0.05, 0) is 24.2 Å². The molecular formula is C12H13F2N. The largest absolute Gasteiger partial charge is 0.309 e. The summed E-state index contributed by atoms with van der Waals surface area (Å²) >= 11 is 0. The molecule has 1 unspecified atom stereocenters. The Morgan fingerprint density at radius 3 is 2.67 bits per heavy atom. The highest BCUT2D eigenvalue weighted by molar-refractivity contribution is 5.22. The molecule has 1 aromatic carbocycles. The second-order valence-corrected chi connectivity index (χ2v) is 3.19. The zero-order valence-electron chi connectivity index (χ0n) is 8.56. The van der Waals surface area contributed by atoms with Crippen molar-refractivity contribution in [1.29, 1.82) is 0 Å². The minimum atomic E-state index is -0.840. The van der Waals surface area contributed by atoms with Gasteiger partial charge in [-0.15, -0.1) is 12.3 Å². The first-order valence-electron chi connectivity index (χ1n) is 4.80. The number of rotatable bonds is 4. The molecule has 0 saturated carbocycles. The fraction of sp³-hybridized carbons (Fsp3) is 0.333. The van der Waals surface area contributed by atoms with E-state index in [9.17, 15) is 8.78 Å². The number of hydrogen-bond donors (Lipinski definition) is 1. The molecule has 80 valence electrons. The van der Waals surface area contributed by atoms with Gasteiger partial charge in [-0.1, -0.05) is 13.0 Å². The van der Waals surface area contributed by atoms with E-state index >= 15 is 0 Å². The molecule has 0 aromatic heterocycles. The van der Waals surface area contributed by atoms with Gasteiger partial charge in [-0.25, -0.2) is 8.78 Å². The molecule has 3 heteroatoms. The summed E-state index contributed by atoms with van der Waals surface area (Å²) < 4.78 is 25.7. The first-order valence-corrected chi connectivity index (χ1v) is 4.80. The smallest absolute Gasteiger partial charge is 0.159 e. The lowest BCUT2D eigenvalue weighted by atomic mass is 10.0. The van der Waals surface area contributed by atoms with Crippen molar-refractivity contribution in [3.8, 4) is 12.3 Å². The second kappa shape index (κ2) is 5.47. The number of hydrogen-bond acceptors (Lipinski definition) is 1. The Balaban J connectivity index is 2.91. The van der Waals surface area contributed by atoms with E-state index in [1.165, 1.54) is 6.07 Å². The lowest BCUT2D eigenvalue weighted by molar-refractivity contribution is 0.499. The van der Waals surface area contributed by atoms with Crippen LogP contribution in [0.1, 0.15) is 24.9 Å². The average Bonchev–Trinajstić information content (AvgIpc) is 2.22. The molecule has 0 spiro atoms. The first-order chi connectivity index (χ1) is 7.19. The van der Waals surface area contributed by atoms with Gasteiger partial charge >= 0.3 is 0 Å². The van der Waals surface area contributed by atoms with Crippen molar-refractivity contribution in [2.45, 2.75) is 19.4 Å². The SMILES string of the molecule is C#CCC(NCC)c1ccc(F)c(F)c1. The Morgan fingerprint density at radius 1 is 1.40 bits per heavy atom. The zero-order chi connectivity index (χ0) is 11.3. The lowest BCUT2D eigenvalue weighted by Crippen LogP contribution is -2.20. The summed E-state index contributed by atoms with van der Waals surface area (Å²) in [5.74, 6) is 0.828. The van der Waals surface area contributed by atoms with Crippen LogP contribution in [0, 0.1) is 24.0 Å². The Kier molecular flexibility index (Phi) is 4.26. The highest BCUT2D eigenvalue weighted by atomic mass is 19.2. The predicted octanol–water partition coefficient (Wildman–Crippen LogP) is 2.64. The van der Waals surface area contributed by atoms with E-state index in [0.29, 0.717) is 12.0 Å². The van der Waals surface area contributed by atoms with Crippen molar-refractivity contribution >= 4 is 0 Å². The topological polar surface area (TPSA) is 12.0 Å². The highest BCUT2D eigenvalue weighted by Gasteiger charge is 2.11. The van der Waals surface area contributed by atoms with Crippen LogP contribution in [0.3, 0.4) is 0 Å². The Hall–Kier alpha value is -1.40. The summed E-state index contributed by atoms with van der Waals surface area (Å²) in [5, 5.41) is 3.11. The van der Waals surface area contributed by atoms with E-state index in [2.05, 4.69) is 11.2 Å². The highest BCUT2D eigenvalue weighted by Crippen LogP contribution is 2.18. The summed E-state index contributed by atoms with van der Waals surface area (Å²) in [6, 6.07) is 3.73. The molecule has 0 aliphatic carbocycles. The van der Waals surface area contributed by atoms with Crippen molar-refractivity contribution in [1.82, 2.24) is 5.32 Å². The molecule has 15 heavy (non-hydrogen) atoms. The molecule has 0 fully saturated rings. The summed E-state index contributed by atoms with van der Waals surface area (Å²) in [6.07, 6.45) is 5.66. The average molecular weight is 209 g/mol. The van der Waals surface area contributed by atoms with E-state index < -0.39 is 11.6 Å². The van der Waals surface area contributed by atoms with Crippen LogP contribution >= 0.6 is 0 Å². The zero-order valence-corrected chi connectivity index (χ0v) is 8.56. The van der Waals surface area contributed by atoms with Crippen LogP contribution in [0.15, 0.2) is 18.2 Å². The van der Waals surface area contributed by atoms with Crippen LogP contribution < -0.4 is 5.32 Å². The van der Waals surface area contributed by atoms with Crippen LogP contribution in [0.4, 0.5) is 8.78 Å². The van der Waals surface area contributed by atoms with Crippen molar-refractivity contribution < 1.29 is 8.78 Å². The van der Waals surface area contributed by atoms with Crippen LogP contribution in [0.5, 0.6) is 0 Å². The molecular weight excluding hydrogens is 196 g/mol. The van der Waals surface area contributed by atoms with Crippen LogP contribution in [-0.2, 0) is 0 Å². The lowest BCUT2D eigenvalue weighted by Gasteiger charge is -2.15. The third kappa shape index (κ3) is 3.03. The first kappa shape index (κ1) is 11.7. The molecule has 1 nitrogen and oxygen atoms in total. The van der Waals surface area contributed by atoms with E-state index in [1.807, 2.05) is 6.92 Å². The van der Waals surface area contributed by atoms with Crippen LogP contribution in [-0.4, -0.2) is 6.54 Å². The quantitative estimate of drug-likeness (QED) is 0.752. The number of halogens is 2. The van der Waals surface area contributed by atoms with Crippen molar-refractivity contribution in [2.75, 3.05) is 6.54 Å². The third-order valence-electron chi connectivity index (χ3n) is 2.12. The van der Waals surface area contributed by atoms with Gasteiger partial charge in [0.1, 0.15) is 0 Å². The Morgan fingerprint density at radius 2 is 2.13 bits per heavy atom. The molecule has 0 radical (unpaired) electrons. The van der Waals surface area contributed by atoms with Crippen molar-refractivity contribution in [3.63, 3.8) is 0 Å². The summed E-state index contributed by atoms with van der Waals surface area (Å²) in [7, 11) is 0. The van der Waals surface area contributed by atoms with Crippen LogP contribution in [0.2, 0.25) is 0 Å². The summed E-state index contributed by atoms with van der Waals surface area (Å²) in [4.78, 5) is 0. The maximum Gasteiger partial charge on any atom is 0.159 e. The normalized spacial score (nSPS) is 12.1. The van der Waals surface area contributed by atoms with Gasteiger partial charge in [-0.2, -0.15) is 0 Å². The molecule has 1 atom stereocenters. The number of nitrogens with one attached hydrogen (secondary N) is 1. The van der Waals surface area contributed by atoms with E-state index in [1.54, 1.807) is 6.07 Å². The van der Waals surface area contributed by atoms with E-state index in [-0.39, 0.29) is 6.04 Å². The summed E-state index contributed by atoms with van der Waals surface area (Å²) in [6.45, 7) is 2.66. The van der Waals surface area contributed by atoms with Crippen molar-refractivity contribution in [2.24, 2.45) is 0 Å². The maximum absolute atomic E-state index is 13.0. The fourth-order valence-electron chi connectivity index (χ4n) is 1.40. The third-order valence-corrected chi connectivity index (χ3v) is 2.12. The van der Waals surface area contributed by atoms with Crippen molar-refractivity contribution in [3.05, 3.63) is 35.4 Å². The van der Waals surface area contributed by atoms with E-state index in [0.717, 1.165) is 12.6 Å². The summed E-state index contributed by atoms with van der Waals surface area (Å²) in [5.41, 5.74) is 0.675. The fourth-order valence-corrected chi connectivity index (χ4v) is 1.40. The number of benzene rings is 1. The van der Waals surface area contributed by atoms with Gasteiger partial charge in [-0.3, -0.25) is 0 Å². The molecule has 1 N–H and O–H groups in total. The molecule has 0 heterocycles. The maximum atomic E-state index is 13.0. The molecule has 0 bridgehead atoms. The molecule has 1 aromatic rings. The standard InChI is InChI=1S/C12H13F2N/c1-3-5-12(15-4-2)9-6-7-10(13)11(14)8-9/h1,6-8,12,15H,4-5H2,2H3. The predicted molar refractivity (Wildman–Crippen MR) is 56.2 cm³/mol. The van der Waals surface area contributed by atoms with Gasteiger partial charge in [0.25, 0.3) is 0 Å². The van der Waals surface area contributed by atoms with Gasteiger partial charge in [0.05, 0.1) is 0 Å².